The predicted octanol–water partition coefficient (Wildman–Crippen LogP) is 1.45. The van der Waals surface area contributed by atoms with Crippen LogP contribution in [0, 0.1) is 15.5 Å². The smallest absolute Gasteiger partial charge is 0.331 e. The number of nitro groups is 1. The second-order valence-electron chi connectivity index (χ2n) is 6.60. The first-order chi connectivity index (χ1) is 13.2. The lowest BCUT2D eigenvalue weighted by Crippen LogP contribution is -2.44. The average Bonchev–Trinajstić information content (AvgIpc) is 2.69. The molecule has 0 aromatic carbocycles. The number of hydrogen-bond acceptors (Lipinski definition) is 7. The number of carboxylic acids is 2. The summed E-state index contributed by atoms with van der Waals surface area (Å²) in [6.07, 6.45) is 6.02. The third-order valence-corrected chi connectivity index (χ3v) is 4.46. The van der Waals surface area contributed by atoms with E-state index < -0.39 is 17.4 Å². The van der Waals surface area contributed by atoms with Crippen molar-refractivity contribution in [1.29, 1.82) is 0 Å². The van der Waals surface area contributed by atoms with Crippen LogP contribution in [-0.4, -0.2) is 58.2 Å². The van der Waals surface area contributed by atoms with Gasteiger partial charge in [0.1, 0.15) is 0 Å². The van der Waals surface area contributed by atoms with Crippen LogP contribution in [0.1, 0.15) is 13.3 Å². The molecular formula is C18H22N4O6. The Morgan fingerprint density at radius 1 is 1.32 bits per heavy atom. The quantitative estimate of drug-likeness (QED) is 0.513. The maximum atomic E-state index is 10.8. The first kappa shape index (κ1) is 21.0. The topological polar surface area (TPSA) is 146 Å². The van der Waals surface area contributed by atoms with E-state index in [1.165, 1.54) is 31.2 Å². The second kappa shape index (κ2) is 9.09. The van der Waals surface area contributed by atoms with Crippen LogP contribution in [0.15, 0.2) is 42.1 Å². The van der Waals surface area contributed by atoms with E-state index in [2.05, 4.69) is 10.3 Å². The fraction of sp³-hybridized carbons (Fsp3) is 0.389. The largest absolute Gasteiger partial charge is 0.481 e. The van der Waals surface area contributed by atoms with Crippen molar-refractivity contribution in [3.05, 3.63) is 52.2 Å². The van der Waals surface area contributed by atoms with Gasteiger partial charge in [-0.05, 0) is 19.4 Å². The molecule has 3 N–H and O–H groups in total. The Morgan fingerprint density at radius 2 is 2.00 bits per heavy atom. The van der Waals surface area contributed by atoms with Crippen molar-refractivity contribution in [2.24, 2.45) is 5.41 Å². The highest BCUT2D eigenvalue weighted by Crippen LogP contribution is 2.31. The number of aromatic nitrogens is 1. The van der Waals surface area contributed by atoms with Crippen LogP contribution >= 0.6 is 0 Å². The third-order valence-electron chi connectivity index (χ3n) is 4.46. The number of rotatable bonds is 4. The minimum absolute atomic E-state index is 0.0359. The molecular weight excluding hydrogens is 368 g/mol. The molecule has 3 rings (SSSR count). The summed E-state index contributed by atoms with van der Waals surface area (Å²) < 4.78 is 0. The standard InChI is InChI=1S/C9H12N4O2.C9H10O4/c14-13(15)8-2-1-3-11-9(8)12-6-4-10-5-7-12;1-9(8(12)13)4-2-3-6(5-9)7(10)11/h1-3,10H,4-7H2;2-4H,5H2,1H3,(H,10,11)(H,12,13)/t;9-/m.1/s1. The van der Waals surface area contributed by atoms with Crippen LogP contribution in [0.3, 0.4) is 0 Å². The molecule has 0 bridgehead atoms. The number of aliphatic carboxylic acids is 2. The molecule has 10 heteroatoms. The number of hydrogen-bond donors (Lipinski definition) is 3. The molecule has 1 aromatic heterocycles. The van der Waals surface area contributed by atoms with Gasteiger partial charge in [-0.2, -0.15) is 0 Å². The van der Waals surface area contributed by atoms with Crippen molar-refractivity contribution in [1.82, 2.24) is 10.3 Å². The van der Waals surface area contributed by atoms with E-state index in [0.717, 1.165) is 26.2 Å². The fourth-order valence-corrected chi connectivity index (χ4v) is 2.84. The van der Waals surface area contributed by atoms with Gasteiger partial charge in [0.05, 0.1) is 10.3 Å². The fourth-order valence-electron chi connectivity index (χ4n) is 2.84. The number of anilines is 1. The summed E-state index contributed by atoms with van der Waals surface area (Å²) in [7, 11) is 0. The number of carbonyl (C=O) groups is 2. The Bertz CT molecular complexity index is 816. The molecule has 1 saturated heterocycles. The Labute approximate surface area is 161 Å². The van der Waals surface area contributed by atoms with Crippen molar-refractivity contribution in [3.8, 4) is 0 Å². The molecule has 0 unspecified atom stereocenters. The van der Waals surface area contributed by atoms with E-state index in [-0.39, 0.29) is 22.6 Å². The van der Waals surface area contributed by atoms with Crippen molar-refractivity contribution < 1.29 is 24.7 Å². The lowest BCUT2D eigenvalue weighted by molar-refractivity contribution is -0.384. The molecule has 2 aliphatic rings. The lowest BCUT2D eigenvalue weighted by Gasteiger charge is -2.27. The predicted molar refractivity (Wildman–Crippen MR) is 101 cm³/mol. The van der Waals surface area contributed by atoms with E-state index in [1.807, 2.05) is 4.90 Å². The number of piperazine rings is 1. The number of carboxylic acid groups (broad SMARTS) is 2. The highest BCUT2D eigenvalue weighted by atomic mass is 16.6. The van der Waals surface area contributed by atoms with Gasteiger partial charge in [-0.3, -0.25) is 14.9 Å². The molecule has 2 heterocycles. The summed E-state index contributed by atoms with van der Waals surface area (Å²) in [5.74, 6) is -1.59. The van der Waals surface area contributed by atoms with E-state index in [0.29, 0.717) is 5.82 Å². The SMILES string of the molecule is C[C@@]1(C(=O)O)C=CC=C(C(=O)O)C1.O=[N+]([O-])c1cccnc1N1CCNCC1. The summed E-state index contributed by atoms with van der Waals surface area (Å²) in [5.41, 5.74) is -0.866. The Hall–Kier alpha value is -3.27. The molecule has 0 amide bonds. The highest BCUT2D eigenvalue weighted by molar-refractivity contribution is 5.90. The summed E-state index contributed by atoms with van der Waals surface area (Å²) >= 11 is 0. The second-order valence-corrected chi connectivity index (χ2v) is 6.60. The van der Waals surface area contributed by atoms with Crippen LogP contribution in [0.4, 0.5) is 11.5 Å². The molecule has 1 aliphatic heterocycles. The molecule has 0 saturated carbocycles. The third kappa shape index (κ3) is 5.13. The molecule has 1 aromatic rings. The lowest BCUT2D eigenvalue weighted by atomic mass is 9.80. The van der Waals surface area contributed by atoms with Gasteiger partial charge in [-0.1, -0.05) is 18.2 Å². The zero-order valence-corrected chi connectivity index (χ0v) is 15.4. The Balaban J connectivity index is 0.000000203. The summed E-state index contributed by atoms with van der Waals surface area (Å²) in [5, 5.41) is 31.5. The number of nitrogens with one attached hydrogen (secondary N) is 1. The molecule has 150 valence electrons. The Morgan fingerprint density at radius 3 is 2.57 bits per heavy atom. The first-order valence-corrected chi connectivity index (χ1v) is 8.65. The van der Waals surface area contributed by atoms with Gasteiger partial charge in [0.15, 0.2) is 0 Å². The van der Waals surface area contributed by atoms with Gasteiger partial charge in [-0.15, -0.1) is 0 Å². The maximum Gasteiger partial charge on any atom is 0.331 e. The molecule has 1 atom stereocenters. The van der Waals surface area contributed by atoms with Gasteiger partial charge in [0.25, 0.3) is 0 Å². The van der Waals surface area contributed by atoms with Crippen LogP contribution in [0.5, 0.6) is 0 Å². The molecule has 0 spiro atoms. The van der Waals surface area contributed by atoms with Crippen molar-refractivity contribution in [2.45, 2.75) is 13.3 Å². The molecule has 10 nitrogen and oxygen atoms in total. The number of pyridine rings is 1. The minimum atomic E-state index is -1.08. The molecule has 28 heavy (non-hydrogen) atoms. The summed E-state index contributed by atoms with van der Waals surface area (Å²) in [6, 6.07) is 3.08. The summed E-state index contributed by atoms with van der Waals surface area (Å²) in [4.78, 5) is 37.8. The van der Waals surface area contributed by atoms with Crippen molar-refractivity contribution in [3.63, 3.8) is 0 Å². The van der Waals surface area contributed by atoms with Crippen LogP contribution in [-0.2, 0) is 9.59 Å². The van der Waals surface area contributed by atoms with Gasteiger partial charge in [0, 0.05) is 44.0 Å². The van der Waals surface area contributed by atoms with Crippen molar-refractivity contribution >= 4 is 23.4 Å². The summed E-state index contributed by atoms with van der Waals surface area (Å²) in [6.45, 7) is 4.71. The van der Waals surface area contributed by atoms with Gasteiger partial charge < -0.3 is 20.4 Å². The van der Waals surface area contributed by atoms with Crippen LogP contribution < -0.4 is 10.2 Å². The van der Waals surface area contributed by atoms with Crippen LogP contribution in [0.2, 0.25) is 0 Å². The monoisotopic (exact) mass is 390 g/mol. The highest BCUT2D eigenvalue weighted by Gasteiger charge is 2.34. The van der Waals surface area contributed by atoms with Crippen molar-refractivity contribution in [2.75, 3.05) is 31.1 Å². The number of allylic oxidation sites excluding steroid dienone is 2. The average molecular weight is 390 g/mol. The first-order valence-electron chi connectivity index (χ1n) is 8.65. The van der Waals surface area contributed by atoms with Gasteiger partial charge in [-0.25, -0.2) is 9.78 Å². The zero-order chi connectivity index (χ0) is 20.7. The zero-order valence-electron chi connectivity index (χ0n) is 15.4. The van der Waals surface area contributed by atoms with E-state index >= 15 is 0 Å². The van der Waals surface area contributed by atoms with E-state index in [9.17, 15) is 19.7 Å². The van der Waals surface area contributed by atoms with Gasteiger partial charge in [0.2, 0.25) is 5.82 Å². The van der Waals surface area contributed by atoms with E-state index in [1.54, 1.807) is 12.3 Å². The molecule has 0 radical (unpaired) electrons. The normalized spacial score (nSPS) is 21.2. The van der Waals surface area contributed by atoms with Gasteiger partial charge >= 0.3 is 17.6 Å². The number of nitrogens with zero attached hydrogens (tertiary/aromatic N) is 3. The Kier molecular flexibility index (Phi) is 6.83. The maximum absolute atomic E-state index is 10.8. The molecule has 1 fully saturated rings. The van der Waals surface area contributed by atoms with E-state index in [4.69, 9.17) is 10.2 Å². The van der Waals surface area contributed by atoms with Crippen LogP contribution in [0.25, 0.3) is 0 Å². The minimum Gasteiger partial charge on any atom is -0.481 e. The molecule has 1 aliphatic carbocycles.